The van der Waals surface area contributed by atoms with Crippen molar-refractivity contribution in [2.75, 3.05) is 18.8 Å². The zero-order chi connectivity index (χ0) is 15.7. The molecule has 0 saturated heterocycles. The first-order valence-corrected chi connectivity index (χ1v) is 9.36. The van der Waals surface area contributed by atoms with E-state index in [0.29, 0.717) is 19.0 Å². The molecule has 2 unspecified atom stereocenters. The van der Waals surface area contributed by atoms with Gasteiger partial charge >= 0.3 is 0 Å². The lowest BCUT2D eigenvalue weighted by Gasteiger charge is -2.18. The second kappa shape index (κ2) is 9.18. The van der Waals surface area contributed by atoms with Gasteiger partial charge < -0.3 is 5.73 Å². The number of rotatable bonds is 10. The van der Waals surface area contributed by atoms with E-state index in [1.54, 1.807) is 0 Å². The summed E-state index contributed by atoms with van der Waals surface area (Å²) in [5.41, 5.74) is 6.63. The highest BCUT2D eigenvalue weighted by Crippen LogP contribution is 2.17. The molecule has 0 aliphatic carbocycles. The van der Waals surface area contributed by atoms with E-state index < -0.39 is 10.0 Å². The molecule has 1 rings (SSSR count). The Balaban J connectivity index is 2.53. The van der Waals surface area contributed by atoms with Gasteiger partial charge in [-0.25, -0.2) is 13.1 Å². The first kappa shape index (κ1) is 18.1. The quantitative estimate of drug-likeness (QED) is 0.697. The van der Waals surface area contributed by atoms with Crippen LogP contribution in [0.15, 0.2) is 30.3 Å². The van der Waals surface area contributed by atoms with Crippen molar-refractivity contribution < 1.29 is 8.42 Å². The molecule has 21 heavy (non-hydrogen) atoms. The van der Waals surface area contributed by atoms with Crippen LogP contribution in [0.2, 0.25) is 0 Å². The van der Waals surface area contributed by atoms with Crippen LogP contribution in [0.3, 0.4) is 0 Å². The molecule has 0 aliphatic rings. The number of nitrogens with two attached hydrogens (primary N) is 1. The molecule has 0 aliphatic heterocycles. The number of nitrogens with one attached hydrogen (secondary N) is 1. The van der Waals surface area contributed by atoms with Crippen LogP contribution in [-0.4, -0.2) is 27.3 Å². The summed E-state index contributed by atoms with van der Waals surface area (Å²) >= 11 is 0. The molecule has 0 amide bonds. The fourth-order valence-corrected chi connectivity index (χ4v) is 3.96. The molecule has 2 atom stereocenters. The van der Waals surface area contributed by atoms with Crippen LogP contribution >= 0.6 is 0 Å². The average Bonchev–Trinajstić information content (AvgIpc) is 2.46. The third-order valence-electron chi connectivity index (χ3n) is 3.70. The van der Waals surface area contributed by atoms with E-state index in [1.807, 2.05) is 37.3 Å². The van der Waals surface area contributed by atoms with Crippen LogP contribution in [0.4, 0.5) is 0 Å². The molecule has 4 nitrogen and oxygen atoms in total. The third kappa shape index (κ3) is 7.07. The molecule has 0 heterocycles. The lowest BCUT2D eigenvalue weighted by molar-refractivity contribution is 0.443. The predicted octanol–water partition coefficient (Wildman–Crippen LogP) is 2.47. The standard InChI is InChI=1S/C16H28N2O2S/c1-3-7-15(10-11-17)12-18-21(19,20)13-14(2)16-8-5-4-6-9-16/h4-6,8-9,14-15,18H,3,7,10-13,17H2,1-2H3. The Morgan fingerprint density at radius 1 is 1.19 bits per heavy atom. The lowest BCUT2D eigenvalue weighted by atomic mass is 10.0. The molecule has 0 aromatic heterocycles. The third-order valence-corrected chi connectivity index (χ3v) is 5.25. The zero-order valence-corrected chi connectivity index (χ0v) is 13.9. The van der Waals surface area contributed by atoms with Crippen molar-refractivity contribution in [1.82, 2.24) is 4.72 Å². The summed E-state index contributed by atoms with van der Waals surface area (Å²) < 4.78 is 27.1. The van der Waals surface area contributed by atoms with Gasteiger partial charge in [-0.3, -0.25) is 0 Å². The van der Waals surface area contributed by atoms with Crippen molar-refractivity contribution >= 4 is 10.0 Å². The Bertz CT molecular complexity index is 482. The second-order valence-electron chi connectivity index (χ2n) is 5.67. The van der Waals surface area contributed by atoms with E-state index >= 15 is 0 Å². The van der Waals surface area contributed by atoms with Gasteiger partial charge in [-0.2, -0.15) is 0 Å². The Morgan fingerprint density at radius 2 is 1.86 bits per heavy atom. The first-order chi connectivity index (χ1) is 9.98. The highest BCUT2D eigenvalue weighted by Gasteiger charge is 2.18. The van der Waals surface area contributed by atoms with Crippen LogP contribution in [0.5, 0.6) is 0 Å². The van der Waals surface area contributed by atoms with Crippen LogP contribution in [0, 0.1) is 5.92 Å². The molecule has 120 valence electrons. The maximum Gasteiger partial charge on any atom is 0.212 e. The van der Waals surface area contributed by atoms with Crippen molar-refractivity contribution in [3.63, 3.8) is 0 Å². The van der Waals surface area contributed by atoms with Gasteiger partial charge in [-0.05, 0) is 36.8 Å². The maximum atomic E-state index is 12.2. The van der Waals surface area contributed by atoms with E-state index in [4.69, 9.17) is 5.73 Å². The first-order valence-electron chi connectivity index (χ1n) is 7.70. The minimum atomic E-state index is -3.25. The SMILES string of the molecule is CCCC(CCN)CNS(=O)(=O)CC(C)c1ccccc1. The minimum Gasteiger partial charge on any atom is -0.330 e. The van der Waals surface area contributed by atoms with Crippen molar-refractivity contribution in [2.45, 2.75) is 39.0 Å². The normalized spacial score (nSPS) is 14.8. The molecule has 0 fully saturated rings. The number of hydrogen-bond acceptors (Lipinski definition) is 3. The molecule has 0 spiro atoms. The molecule has 5 heteroatoms. The van der Waals surface area contributed by atoms with Crippen LogP contribution in [0.1, 0.15) is 44.6 Å². The summed E-state index contributed by atoms with van der Waals surface area (Å²) in [6.45, 7) is 5.15. The number of hydrogen-bond donors (Lipinski definition) is 2. The van der Waals surface area contributed by atoms with Gasteiger partial charge in [0.1, 0.15) is 0 Å². The summed E-state index contributed by atoms with van der Waals surface area (Å²) in [6.07, 6.45) is 2.92. The van der Waals surface area contributed by atoms with E-state index in [0.717, 1.165) is 24.8 Å². The van der Waals surface area contributed by atoms with Gasteiger partial charge in [0.25, 0.3) is 0 Å². The van der Waals surface area contributed by atoms with Gasteiger partial charge in [-0.1, -0.05) is 50.6 Å². The van der Waals surface area contributed by atoms with E-state index in [2.05, 4.69) is 11.6 Å². The van der Waals surface area contributed by atoms with Gasteiger partial charge in [0.15, 0.2) is 0 Å². The van der Waals surface area contributed by atoms with Gasteiger partial charge in [0.2, 0.25) is 10.0 Å². The Labute approximate surface area is 129 Å². The molecular weight excluding hydrogens is 284 g/mol. The fraction of sp³-hybridized carbons (Fsp3) is 0.625. The number of benzene rings is 1. The summed E-state index contributed by atoms with van der Waals surface area (Å²) in [4.78, 5) is 0. The smallest absolute Gasteiger partial charge is 0.212 e. The van der Waals surface area contributed by atoms with Crippen molar-refractivity contribution in [2.24, 2.45) is 11.7 Å². The summed E-state index contributed by atoms with van der Waals surface area (Å²) in [5, 5.41) is 0. The summed E-state index contributed by atoms with van der Waals surface area (Å²) in [6, 6.07) is 9.74. The highest BCUT2D eigenvalue weighted by atomic mass is 32.2. The molecule has 0 bridgehead atoms. The van der Waals surface area contributed by atoms with E-state index in [-0.39, 0.29) is 11.7 Å². The topological polar surface area (TPSA) is 72.2 Å². The molecule has 3 N–H and O–H groups in total. The van der Waals surface area contributed by atoms with Crippen molar-refractivity contribution in [1.29, 1.82) is 0 Å². The summed E-state index contributed by atoms with van der Waals surface area (Å²) in [7, 11) is -3.25. The van der Waals surface area contributed by atoms with Crippen LogP contribution in [0.25, 0.3) is 0 Å². The van der Waals surface area contributed by atoms with E-state index in [9.17, 15) is 8.42 Å². The molecule has 0 saturated carbocycles. The Hall–Kier alpha value is -0.910. The second-order valence-corrected chi connectivity index (χ2v) is 7.53. The minimum absolute atomic E-state index is 0.0113. The largest absolute Gasteiger partial charge is 0.330 e. The summed E-state index contributed by atoms with van der Waals surface area (Å²) in [5.74, 6) is 0.447. The van der Waals surface area contributed by atoms with Gasteiger partial charge in [-0.15, -0.1) is 0 Å². The van der Waals surface area contributed by atoms with Crippen molar-refractivity contribution in [3.05, 3.63) is 35.9 Å². The van der Waals surface area contributed by atoms with Crippen LogP contribution < -0.4 is 10.5 Å². The molecular formula is C16H28N2O2S. The van der Waals surface area contributed by atoms with E-state index in [1.165, 1.54) is 0 Å². The highest BCUT2D eigenvalue weighted by molar-refractivity contribution is 7.89. The fourth-order valence-electron chi connectivity index (χ4n) is 2.50. The van der Waals surface area contributed by atoms with Crippen molar-refractivity contribution in [3.8, 4) is 0 Å². The monoisotopic (exact) mass is 312 g/mol. The Kier molecular flexibility index (Phi) is 7.93. The van der Waals surface area contributed by atoms with Gasteiger partial charge in [0, 0.05) is 6.54 Å². The maximum absolute atomic E-state index is 12.2. The number of sulfonamides is 1. The lowest BCUT2D eigenvalue weighted by Crippen LogP contribution is -2.33. The zero-order valence-electron chi connectivity index (χ0n) is 13.1. The van der Waals surface area contributed by atoms with Gasteiger partial charge in [0.05, 0.1) is 5.75 Å². The predicted molar refractivity (Wildman–Crippen MR) is 88.7 cm³/mol. The Morgan fingerprint density at radius 3 is 2.43 bits per heavy atom. The molecule has 0 radical (unpaired) electrons. The average molecular weight is 312 g/mol. The molecule has 1 aromatic carbocycles. The molecule has 1 aromatic rings. The van der Waals surface area contributed by atoms with Crippen LogP contribution in [-0.2, 0) is 10.0 Å².